The highest BCUT2D eigenvalue weighted by Gasteiger charge is 2.39. The summed E-state index contributed by atoms with van der Waals surface area (Å²) in [5, 5.41) is 0. The van der Waals surface area contributed by atoms with Gasteiger partial charge >= 0.3 is 6.18 Å². The first-order chi connectivity index (χ1) is 9.77. The number of likely N-dealkylation sites (tertiary alicyclic amines) is 1. The lowest BCUT2D eigenvalue weighted by Crippen LogP contribution is -2.21. The second-order valence-electron chi connectivity index (χ2n) is 5.37. The highest BCUT2D eigenvalue weighted by Crippen LogP contribution is 2.45. The SMILES string of the molecule is COc1c(C2CC(CN)CN2C)cc(Br)cc1C(F)(F)F. The first-order valence-corrected chi connectivity index (χ1v) is 7.42. The zero-order valence-electron chi connectivity index (χ0n) is 11.9. The Hall–Kier alpha value is -0.790. The molecule has 3 nitrogen and oxygen atoms in total. The summed E-state index contributed by atoms with van der Waals surface area (Å²) in [4.78, 5) is 2.03. The second kappa shape index (κ2) is 6.14. The van der Waals surface area contributed by atoms with Crippen molar-refractivity contribution in [3.8, 4) is 5.75 Å². The maximum absolute atomic E-state index is 13.2. The Morgan fingerprint density at radius 3 is 2.57 bits per heavy atom. The number of alkyl halides is 3. The normalized spacial score (nSPS) is 23.6. The number of methoxy groups -OCH3 is 1. The van der Waals surface area contributed by atoms with Gasteiger partial charge in [-0.15, -0.1) is 0 Å². The van der Waals surface area contributed by atoms with Crippen LogP contribution in [0.25, 0.3) is 0 Å². The largest absolute Gasteiger partial charge is 0.496 e. The molecule has 1 aromatic carbocycles. The van der Waals surface area contributed by atoms with Crippen molar-refractivity contribution in [3.05, 3.63) is 27.7 Å². The van der Waals surface area contributed by atoms with Gasteiger partial charge < -0.3 is 10.5 Å². The Kier molecular flexibility index (Phi) is 4.85. The molecule has 2 unspecified atom stereocenters. The van der Waals surface area contributed by atoms with Crippen LogP contribution in [0.15, 0.2) is 16.6 Å². The van der Waals surface area contributed by atoms with E-state index in [1.54, 1.807) is 6.07 Å². The number of benzene rings is 1. The highest BCUT2D eigenvalue weighted by molar-refractivity contribution is 9.10. The second-order valence-corrected chi connectivity index (χ2v) is 6.28. The van der Waals surface area contributed by atoms with Gasteiger partial charge in [0.2, 0.25) is 0 Å². The van der Waals surface area contributed by atoms with Gasteiger partial charge in [0.15, 0.2) is 0 Å². The minimum absolute atomic E-state index is 0.0970. The van der Waals surface area contributed by atoms with E-state index in [9.17, 15) is 13.2 Å². The van der Waals surface area contributed by atoms with E-state index >= 15 is 0 Å². The summed E-state index contributed by atoms with van der Waals surface area (Å²) < 4.78 is 45.1. The quantitative estimate of drug-likeness (QED) is 0.890. The summed E-state index contributed by atoms with van der Waals surface area (Å²) in [6.45, 7) is 1.31. The van der Waals surface area contributed by atoms with Crippen molar-refractivity contribution in [1.29, 1.82) is 0 Å². The number of nitrogens with zero attached hydrogens (tertiary/aromatic N) is 1. The molecule has 7 heteroatoms. The molecule has 1 aliphatic rings. The van der Waals surface area contributed by atoms with Gasteiger partial charge in [-0.25, -0.2) is 0 Å². The van der Waals surface area contributed by atoms with Crippen molar-refractivity contribution in [2.45, 2.75) is 18.6 Å². The molecular formula is C14H18BrF3N2O. The van der Waals surface area contributed by atoms with E-state index in [2.05, 4.69) is 15.9 Å². The smallest absolute Gasteiger partial charge is 0.420 e. The molecule has 1 heterocycles. The van der Waals surface area contributed by atoms with Crippen LogP contribution >= 0.6 is 15.9 Å². The number of halogens is 4. The molecule has 1 fully saturated rings. The minimum atomic E-state index is -4.45. The monoisotopic (exact) mass is 366 g/mol. The average Bonchev–Trinajstić information content (AvgIpc) is 2.78. The van der Waals surface area contributed by atoms with Crippen molar-refractivity contribution in [2.24, 2.45) is 11.7 Å². The third kappa shape index (κ3) is 3.35. The lowest BCUT2D eigenvalue weighted by molar-refractivity contribution is -0.138. The van der Waals surface area contributed by atoms with Crippen LogP contribution in [0.4, 0.5) is 13.2 Å². The molecule has 0 amide bonds. The van der Waals surface area contributed by atoms with Crippen LogP contribution in [0.5, 0.6) is 5.75 Å². The van der Waals surface area contributed by atoms with E-state index in [1.165, 1.54) is 7.11 Å². The summed E-state index contributed by atoms with van der Waals surface area (Å²) in [6, 6.07) is 2.64. The van der Waals surface area contributed by atoms with E-state index in [4.69, 9.17) is 10.5 Å². The van der Waals surface area contributed by atoms with Crippen LogP contribution in [-0.2, 0) is 6.18 Å². The topological polar surface area (TPSA) is 38.5 Å². The van der Waals surface area contributed by atoms with E-state index in [0.29, 0.717) is 16.6 Å². The lowest BCUT2D eigenvalue weighted by Gasteiger charge is -2.24. The Morgan fingerprint density at radius 2 is 2.10 bits per heavy atom. The van der Waals surface area contributed by atoms with E-state index < -0.39 is 11.7 Å². The predicted molar refractivity (Wildman–Crippen MR) is 78.2 cm³/mol. The molecule has 21 heavy (non-hydrogen) atoms. The Bertz CT molecular complexity index is 522. The van der Waals surface area contributed by atoms with Crippen molar-refractivity contribution >= 4 is 15.9 Å². The van der Waals surface area contributed by atoms with Crippen molar-refractivity contribution in [1.82, 2.24) is 4.90 Å². The molecule has 2 atom stereocenters. The Balaban J connectivity index is 2.51. The molecule has 0 aliphatic carbocycles. The maximum atomic E-state index is 13.2. The fourth-order valence-electron chi connectivity index (χ4n) is 2.94. The standard InChI is InChI=1S/C14H18BrF3N2O/c1-20-7-8(6-19)3-12(20)10-4-9(15)5-11(13(10)21-2)14(16,17)18/h4-5,8,12H,3,6-7,19H2,1-2H3. The number of ether oxygens (including phenoxy) is 1. The van der Waals surface area contributed by atoms with E-state index in [-0.39, 0.29) is 17.7 Å². The molecule has 0 spiro atoms. The number of nitrogens with two attached hydrogens (primary N) is 1. The molecule has 2 N–H and O–H groups in total. The van der Waals surface area contributed by atoms with Gasteiger partial charge in [0.05, 0.1) is 12.7 Å². The third-order valence-corrected chi connectivity index (χ3v) is 4.38. The Labute approximate surface area is 130 Å². The van der Waals surface area contributed by atoms with Crippen molar-refractivity contribution in [3.63, 3.8) is 0 Å². The molecule has 0 radical (unpaired) electrons. The van der Waals surface area contributed by atoms with Gasteiger partial charge in [0, 0.05) is 22.6 Å². The zero-order chi connectivity index (χ0) is 15.8. The van der Waals surface area contributed by atoms with Crippen molar-refractivity contribution in [2.75, 3.05) is 27.2 Å². The summed E-state index contributed by atoms with van der Waals surface area (Å²) in [5.74, 6) is 0.193. The maximum Gasteiger partial charge on any atom is 0.420 e. The van der Waals surface area contributed by atoms with Crippen LogP contribution in [0, 0.1) is 5.92 Å². The van der Waals surface area contributed by atoms with Crippen LogP contribution in [0.3, 0.4) is 0 Å². The molecule has 118 valence electrons. The molecule has 1 aromatic rings. The Morgan fingerprint density at radius 1 is 1.43 bits per heavy atom. The summed E-state index contributed by atoms with van der Waals surface area (Å²) in [7, 11) is 3.17. The van der Waals surface area contributed by atoms with Gasteiger partial charge in [-0.05, 0) is 38.1 Å². The summed E-state index contributed by atoms with van der Waals surface area (Å²) in [6.07, 6.45) is -3.72. The molecule has 1 saturated heterocycles. The van der Waals surface area contributed by atoms with Gasteiger partial charge in [-0.3, -0.25) is 4.90 Å². The fourth-order valence-corrected chi connectivity index (χ4v) is 3.42. The fraction of sp³-hybridized carbons (Fsp3) is 0.571. The van der Waals surface area contributed by atoms with Crippen LogP contribution in [-0.4, -0.2) is 32.1 Å². The van der Waals surface area contributed by atoms with Crippen molar-refractivity contribution < 1.29 is 17.9 Å². The minimum Gasteiger partial charge on any atom is -0.496 e. The van der Waals surface area contributed by atoms with Gasteiger partial charge in [0.25, 0.3) is 0 Å². The predicted octanol–water partition coefficient (Wildman–Crippen LogP) is 3.43. The third-order valence-electron chi connectivity index (χ3n) is 3.92. The highest BCUT2D eigenvalue weighted by atomic mass is 79.9. The summed E-state index contributed by atoms with van der Waals surface area (Å²) >= 11 is 3.17. The van der Waals surface area contributed by atoms with Gasteiger partial charge in [-0.2, -0.15) is 13.2 Å². The number of rotatable bonds is 3. The van der Waals surface area contributed by atoms with Gasteiger partial charge in [0.1, 0.15) is 5.75 Å². The first-order valence-electron chi connectivity index (χ1n) is 6.62. The van der Waals surface area contributed by atoms with E-state index in [0.717, 1.165) is 19.0 Å². The molecule has 0 bridgehead atoms. The average molecular weight is 367 g/mol. The van der Waals surface area contributed by atoms with Crippen LogP contribution in [0.1, 0.15) is 23.6 Å². The van der Waals surface area contributed by atoms with Gasteiger partial charge in [-0.1, -0.05) is 15.9 Å². The van der Waals surface area contributed by atoms with E-state index in [1.807, 2.05) is 11.9 Å². The molecule has 0 saturated carbocycles. The summed E-state index contributed by atoms with van der Waals surface area (Å²) in [5.41, 5.74) is 5.49. The molecular weight excluding hydrogens is 349 g/mol. The zero-order valence-corrected chi connectivity index (χ0v) is 13.5. The lowest BCUT2D eigenvalue weighted by atomic mass is 9.97. The molecule has 1 aliphatic heterocycles. The first kappa shape index (κ1) is 16.6. The van der Waals surface area contributed by atoms with Crippen LogP contribution < -0.4 is 10.5 Å². The number of hydrogen-bond acceptors (Lipinski definition) is 3. The number of hydrogen-bond donors (Lipinski definition) is 1. The van der Waals surface area contributed by atoms with Crippen LogP contribution in [0.2, 0.25) is 0 Å². The molecule has 0 aromatic heterocycles. The molecule has 2 rings (SSSR count).